The number of amides is 4. The average Bonchev–Trinajstić information content (AvgIpc) is 2.99. The van der Waals surface area contributed by atoms with Crippen molar-refractivity contribution < 1.29 is 28.0 Å². The Hall–Kier alpha value is -3.62. The van der Waals surface area contributed by atoms with Crippen molar-refractivity contribution in [3.8, 4) is 0 Å². The molecule has 1 saturated heterocycles. The predicted octanol–water partition coefficient (Wildman–Crippen LogP) is 1.98. The summed E-state index contributed by atoms with van der Waals surface area (Å²) in [6.07, 6.45) is 0.866. The molecular weight excluding hydrogens is 408 g/mol. The third-order valence-corrected chi connectivity index (χ3v) is 5.49. The third-order valence-electron chi connectivity index (χ3n) is 5.49. The molecule has 2 aliphatic heterocycles. The fourth-order valence-electron chi connectivity index (χ4n) is 3.86. The van der Waals surface area contributed by atoms with Crippen molar-refractivity contribution in [1.82, 2.24) is 15.1 Å². The Bertz CT molecular complexity index is 1050. The molecule has 0 saturated carbocycles. The van der Waals surface area contributed by atoms with E-state index >= 15 is 0 Å². The molecule has 1 fully saturated rings. The molecule has 7 nitrogen and oxygen atoms in total. The van der Waals surface area contributed by atoms with Crippen LogP contribution in [0.1, 0.15) is 43.9 Å². The molecule has 2 aromatic carbocycles. The zero-order valence-electron chi connectivity index (χ0n) is 16.4. The SMILES string of the molecule is O=C(CN1C(=O)c2ccccc2C1=O)NC1CCN(C(=O)c2ccc(F)cc2F)CC1. The Kier molecular flexibility index (Phi) is 5.50. The molecule has 1 N–H and O–H groups in total. The van der Waals surface area contributed by atoms with Crippen LogP contribution in [-0.4, -0.2) is 59.1 Å². The zero-order chi connectivity index (χ0) is 22.1. The smallest absolute Gasteiger partial charge is 0.262 e. The van der Waals surface area contributed by atoms with Crippen LogP contribution in [0.25, 0.3) is 0 Å². The number of halogens is 2. The number of likely N-dealkylation sites (tertiary alicyclic amines) is 1. The van der Waals surface area contributed by atoms with E-state index in [4.69, 9.17) is 0 Å². The van der Waals surface area contributed by atoms with Gasteiger partial charge in [-0.2, -0.15) is 0 Å². The van der Waals surface area contributed by atoms with E-state index in [1.807, 2.05) is 0 Å². The Morgan fingerprint density at radius 2 is 1.58 bits per heavy atom. The number of nitrogens with one attached hydrogen (secondary N) is 1. The molecule has 0 spiro atoms. The number of carbonyl (C=O) groups excluding carboxylic acids is 4. The first-order valence-electron chi connectivity index (χ1n) is 9.84. The van der Waals surface area contributed by atoms with Crippen LogP contribution in [0.2, 0.25) is 0 Å². The summed E-state index contributed by atoms with van der Waals surface area (Å²) < 4.78 is 26.9. The maximum Gasteiger partial charge on any atom is 0.262 e. The van der Waals surface area contributed by atoms with E-state index < -0.39 is 35.3 Å². The van der Waals surface area contributed by atoms with Gasteiger partial charge in [-0.1, -0.05) is 12.1 Å². The van der Waals surface area contributed by atoms with Crippen molar-refractivity contribution in [3.05, 3.63) is 70.8 Å². The normalized spacial score (nSPS) is 16.5. The lowest BCUT2D eigenvalue weighted by molar-refractivity contribution is -0.122. The van der Waals surface area contributed by atoms with Crippen LogP contribution in [0.4, 0.5) is 8.78 Å². The Morgan fingerprint density at radius 3 is 2.16 bits per heavy atom. The number of rotatable bonds is 4. The molecule has 2 aromatic rings. The molecule has 0 radical (unpaired) electrons. The highest BCUT2D eigenvalue weighted by Gasteiger charge is 2.36. The van der Waals surface area contributed by atoms with E-state index in [0.29, 0.717) is 18.9 Å². The van der Waals surface area contributed by atoms with Gasteiger partial charge in [-0.05, 0) is 37.1 Å². The predicted molar refractivity (Wildman–Crippen MR) is 105 cm³/mol. The minimum absolute atomic E-state index is 0.200. The minimum Gasteiger partial charge on any atom is -0.352 e. The summed E-state index contributed by atoms with van der Waals surface area (Å²) in [6.45, 7) is 0.188. The van der Waals surface area contributed by atoms with Gasteiger partial charge in [0, 0.05) is 25.2 Å². The number of nitrogens with zero attached hydrogens (tertiary/aromatic N) is 2. The Morgan fingerprint density at radius 1 is 0.968 bits per heavy atom. The maximum absolute atomic E-state index is 13.9. The first-order valence-corrected chi connectivity index (χ1v) is 9.84. The molecule has 160 valence electrons. The van der Waals surface area contributed by atoms with Crippen molar-refractivity contribution in [2.75, 3.05) is 19.6 Å². The van der Waals surface area contributed by atoms with Crippen molar-refractivity contribution >= 4 is 23.6 Å². The van der Waals surface area contributed by atoms with E-state index in [1.54, 1.807) is 24.3 Å². The quantitative estimate of drug-likeness (QED) is 0.756. The van der Waals surface area contributed by atoms with Gasteiger partial charge in [0.05, 0.1) is 16.7 Å². The lowest BCUT2D eigenvalue weighted by Crippen LogP contribution is -2.49. The largest absolute Gasteiger partial charge is 0.352 e. The maximum atomic E-state index is 13.9. The first kappa shape index (κ1) is 20.6. The van der Waals surface area contributed by atoms with Crippen molar-refractivity contribution in [2.24, 2.45) is 0 Å². The second-order valence-corrected chi connectivity index (χ2v) is 7.50. The summed E-state index contributed by atoms with van der Waals surface area (Å²) in [7, 11) is 0. The van der Waals surface area contributed by atoms with E-state index in [2.05, 4.69) is 5.32 Å². The van der Waals surface area contributed by atoms with Crippen LogP contribution in [0.5, 0.6) is 0 Å². The third kappa shape index (κ3) is 4.03. The van der Waals surface area contributed by atoms with Crippen molar-refractivity contribution in [3.63, 3.8) is 0 Å². The number of hydrogen-bond donors (Lipinski definition) is 1. The number of hydrogen-bond acceptors (Lipinski definition) is 4. The number of carbonyl (C=O) groups is 4. The average molecular weight is 427 g/mol. The summed E-state index contributed by atoms with van der Waals surface area (Å²) in [6, 6.07) is 8.96. The van der Waals surface area contributed by atoms with Crippen LogP contribution in [0.3, 0.4) is 0 Å². The molecule has 0 aromatic heterocycles. The molecule has 0 aliphatic carbocycles. The van der Waals surface area contributed by atoms with E-state index in [0.717, 1.165) is 17.0 Å². The summed E-state index contributed by atoms with van der Waals surface area (Å²) in [5.74, 6) is -3.68. The molecule has 0 atom stereocenters. The topological polar surface area (TPSA) is 86.8 Å². The van der Waals surface area contributed by atoms with Gasteiger partial charge in [0.15, 0.2) is 0 Å². The molecule has 2 heterocycles. The molecule has 4 amide bonds. The van der Waals surface area contributed by atoms with E-state index in [-0.39, 0.29) is 42.4 Å². The lowest BCUT2D eigenvalue weighted by atomic mass is 10.0. The number of fused-ring (bicyclic) bond motifs is 1. The van der Waals surface area contributed by atoms with Crippen LogP contribution in [0.15, 0.2) is 42.5 Å². The molecule has 0 unspecified atom stereocenters. The standard InChI is InChI=1S/C22H19F2N3O4/c23-13-5-6-17(18(24)11-13)20(29)26-9-7-14(8-10-26)25-19(28)12-27-21(30)15-3-1-2-4-16(15)22(27)31/h1-6,11,14H,7-10,12H2,(H,25,28). The second kappa shape index (κ2) is 8.25. The van der Waals surface area contributed by atoms with Gasteiger partial charge >= 0.3 is 0 Å². The highest BCUT2D eigenvalue weighted by molar-refractivity contribution is 6.22. The molecular formula is C22H19F2N3O4. The monoisotopic (exact) mass is 427 g/mol. The first-order chi connectivity index (χ1) is 14.8. The number of benzene rings is 2. The summed E-state index contributed by atoms with van der Waals surface area (Å²) in [5.41, 5.74) is 0.356. The summed E-state index contributed by atoms with van der Waals surface area (Å²) in [5, 5.41) is 2.79. The Labute approximate surface area is 176 Å². The number of imide groups is 1. The van der Waals surface area contributed by atoms with Crippen LogP contribution >= 0.6 is 0 Å². The Balaban J connectivity index is 1.30. The van der Waals surface area contributed by atoms with Gasteiger partial charge in [-0.15, -0.1) is 0 Å². The van der Waals surface area contributed by atoms with E-state index in [9.17, 15) is 28.0 Å². The van der Waals surface area contributed by atoms with Gasteiger partial charge < -0.3 is 10.2 Å². The van der Waals surface area contributed by atoms with Crippen molar-refractivity contribution in [1.29, 1.82) is 0 Å². The lowest BCUT2D eigenvalue weighted by Gasteiger charge is -2.32. The van der Waals surface area contributed by atoms with Gasteiger partial charge in [-0.25, -0.2) is 8.78 Å². The minimum atomic E-state index is -0.915. The number of piperidine rings is 1. The highest BCUT2D eigenvalue weighted by Crippen LogP contribution is 2.22. The van der Waals surface area contributed by atoms with Crippen LogP contribution < -0.4 is 5.32 Å². The fourth-order valence-corrected chi connectivity index (χ4v) is 3.86. The van der Waals surface area contributed by atoms with Crippen LogP contribution in [0, 0.1) is 11.6 Å². The van der Waals surface area contributed by atoms with Crippen LogP contribution in [-0.2, 0) is 4.79 Å². The van der Waals surface area contributed by atoms with Crippen molar-refractivity contribution in [2.45, 2.75) is 18.9 Å². The van der Waals surface area contributed by atoms with Gasteiger partial charge in [0.2, 0.25) is 5.91 Å². The van der Waals surface area contributed by atoms with Gasteiger partial charge in [-0.3, -0.25) is 24.1 Å². The summed E-state index contributed by atoms with van der Waals surface area (Å²) in [4.78, 5) is 52.0. The highest BCUT2D eigenvalue weighted by atomic mass is 19.1. The fraction of sp³-hybridized carbons (Fsp3) is 0.273. The molecule has 4 rings (SSSR count). The molecule has 31 heavy (non-hydrogen) atoms. The van der Waals surface area contributed by atoms with Gasteiger partial charge in [0.1, 0.15) is 18.2 Å². The second-order valence-electron chi connectivity index (χ2n) is 7.50. The molecule has 2 aliphatic rings. The van der Waals surface area contributed by atoms with E-state index in [1.165, 1.54) is 4.90 Å². The zero-order valence-corrected chi connectivity index (χ0v) is 16.4. The molecule has 9 heteroatoms. The van der Waals surface area contributed by atoms with Gasteiger partial charge in [0.25, 0.3) is 17.7 Å². The molecule has 0 bridgehead atoms. The summed E-state index contributed by atoms with van der Waals surface area (Å²) >= 11 is 0.